The minimum Gasteiger partial charge on any atom is -0.354 e. The van der Waals surface area contributed by atoms with Crippen LogP contribution in [-0.2, 0) is 19.3 Å². The summed E-state index contributed by atoms with van der Waals surface area (Å²) in [4.78, 5) is 22.6. The van der Waals surface area contributed by atoms with Gasteiger partial charge in [0.25, 0.3) is 0 Å². The van der Waals surface area contributed by atoms with Gasteiger partial charge in [0, 0.05) is 36.7 Å². The second-order valence-electron chi connectivity index (χ2n) is 6.51. The van der Waals surface area contributed by atoms with Crippen LogP contribution in [0.15, 0.2) is 36.7 Å². The van der Waals surface area contributed by atoms with E-state index in [1.165, 1.54) is 24.1 Å². The molecular formula is C20H22N6. The van der Waals surface area contributed by atoms with Crippen LogP contribution in [-0.4, -0.2) is 31.5 Å². The van der Waals surface area contributed by atoms with Crippen LogP contribution >= 0.6 is 0 Å². The molecule has 3 heterocycles. The number of aryl methyl sites for hydroxylation is 2. The van der Waals surface area contributed by atoms with Crippen LogP contribution < -0.4 is 5.32 Å². The highest BCUT2D eigenvalue weighted by atomic mass is 15.1. The van der Waals surface area contributed by atoms with E-state index >= 15 is 0 Å². The predicted molar refractivity (Wildman–Crippen MR) is 101 cm³/mol. The van der Waals surface area contributed by atoms with E-state index in [0.717, 1.165) is 42.2 Å². The molecule has 1 aliphatic carbocycles. The molecule has 0 saturated heterocycles. The molecular weight excluding hydrogens is 324 g/mol. The number of anilines is 1. The number of rotatable bonds is 5. The monoisotopic (exact) mass is 346 g/mol. The first-order valence-corrected chi connectivity index (χ1v) is 9.13. The molecule has 0 fully saturated rings. The summed E-state index contributed by atoms with van der Waals surface area (Å²) in [5.74, 6) is 1.50. The Balaban J connectivity index is 1.42. The fourth-order valence-electron chi connectivity index (χ4n) is 3.34. The standard InChI is InChI=1S/C20H22N6/c1-14-15-6-2-3-7-16(15)25-19(24-14)10-13-23-20-22-12-9-18(26-20)17-8-4-5-11-21-17/h4-5,8-9,11-12H,2-3,6-7,10,13H2,1H3,(H,22,23,26). The molecule has 0 radical (unpaired) electrons. The van der Waals surface area contributed by atoms with E-state index in [-0.39, 0.29) is 0 Å². The lowest BCUT2D eigenvalue weighted by Crippen LogP contribution is -2.15. The van der Waals surface area contributed by atoms with Crippen LogP contribution in [0.3, 0.4) is 0 Å². The highest BCUT2D eigenvalue weighted by Crippen LogP contribution is 2.21. The Morgan fingerprint density at radius 3 is 2.73 bits per heavy atom. The summed E-state index contributed by atoms with van der Waals surface area (Å²) in [7, 11) is 0. The van der Waals surface area contributed by atoms with Crippen molar-refractivity contribution in [3.8, 4) is 11.4 Å². The van der Waals surface area contributed by atoms with Gasteiger partial charge in [-0.15, -0.1) is 0 Å². The molecule has 1 aliphatic rings. The second kappa shape index (κ2) is 7.56. The van der Waals surface area contributed by atoms with E-state index in [1.54, 1.807) is 12.4 Å². The molecule has 26 heavy (non-hydrogen) atoms. The average Bonchev–Trinajstić information content (AvgIpc) is 2.69. The topological polar surface area (TPSA) is 76.5 Å². The minimum atomic E-state index is 0.600. The molecule has 3 aromatic rings. The Hall–Kier alpha value is -2.89. The number of hydrogen-bond donors (Lipinski definition) is 1. The molecule has 0 saturated carbocycles. The fraction of sp³-hybridized carbons (Fsp3) is 0.350. The number of fused-ring (bicyclic) bond motifs is 1. The highest BCUT2D eigenvalue weighted by molar-refractivity contribution is 5.54. The van der Waals surface area contributed by atoms with Crippen LogP contribution in [0.5, 0.6) is 0 Å². The maximum Gasteiger partial charge on any atom is 0.223 e. The molecule has 0 amide bonds. The summed E-state index contributed by atoms with van der Waals surface area (Å²) < 4.78 is 0. The van der Waals surface area contributed by atoms with Crippen LogP contribution in [0, 0.1) is 6.92 Å². The smallest absolute Gasteiger partial charge is 0.223 e. The van der Waals surface area contributed by atoms with Crippen LogP contribution in [0.25, 0.3) is 11.4 Å². The molecule has 0 bridgehead atoms. The van der Waals surface area contributed by atoms with E-state index in [0.29, 0.717) is 12.5 Å². The Morgan fingerprint density at radius 1 is 0.923 bits per heavy atom. The lowest BCUT2D eigenvalue weighted by atomic mass is 9.95. The summed E-state index contributed by atoms with van der Waals surface area (Å²) in [5.41, 5.74) is 5.39. The van der Waals surface area contributed by atoms with Crippen molar-refractivity contribution in [2.75, 3.05) is 11.9 Å². The lowest BCUT2D eigenvalue weighted by Gasteiger charge is -2.17. The molecule has 1 N–H and O–H groups in total. The zero-order valence-electron chi connectivity index (χ0n) is 14.9. The minimum absolute atomic E-state index is 0.600. The summed E-state index contributed by atoms with van der Waals surface area (Å²) in [6.45, 7) is 2.80. The van der Waals surface area contributed by atoms with Gasteiger partial charge in [0.05, 0.1) is 11.4 Å². The van der Waals surface area contributed by atoms with E-state index in [4.69, 9.17) is 4.98 Å². The quantitative estimate of drug-likeness (QED) is 0.765. The van der Waals surface area contributed by atoms with Gasteiger partial charge in [-0.1, -0.05) is 6.07 Å². The van der Waals surface area contributed by atoms with Gasteiger partial charge in [-0.25, -0.2) is 19.9 Å². The summed E-state index contributed by atoms with van der Waals surface area (Å²) in [6.07, 6.45) is 8.95. The third-order valence-electron chi connectivity index (χ3n) is 4.65. The largest absolute Gasteiger partial charge is 0.354 e. The number of nitrogens with one attached hydrogen (secondary N) is 1. The zero-order chi connectivity index (χ0) is 17.8. The fourth-order valence-corrected chi connectivity index (χ4v) is 3.34. The van der Waals surface area contributed by atoms with Crippen LogP contribution in [0.2, 0.25) is 0 Å². The Bertz CT molecular complexity index is 894. The zero-order valence-corrected chi connectivity index (χ0v) is 14.9. The maximum atomic E-state index is 4.77. The van der Waals surface area contributed by atoms with Crippen molar-refractivity contribution in [1.82, 2.24) is 24.9 Å². The molecule has 6 nitrogen and oxygen atoms in total. The Morgan fingerprint density at radius 2 is 1.85 bits per heavy atom. The van der Waals surface area contributed by atoms with E-state index in [1.807, 2.05) is 24.3 Å². The number of hydrogen-bond acceptors (Lipinski definition) is 6. The molecule has 0 aromatic carbocycles. The van der Waals surface area contributed by atoms with Crippen molar-refractivity contribution < 1.29 is 0 Å². The van der Waals surface area contributed by atoms with Gasteiger partial charge in [-0.3, -0.25) is 4.98 Å². The molecule has 3 aromatic heterocycles. The Labute approximate surface area is 153 Å². The van der Waals surface area contributed by atoms with Crippen molar-refractivity contribution >= 4 is 5.95 Å². The Kier molecular flexibility index (Phi) is 4.82. The van der Waals surface area contributed by atoms with Crippen molar-refractivity contribution in [2.45, 2.75) is 39.0 Å². The van der Waals surface area contributed by atoms with Crippen molar-refractivity contribution in [3.63, 3.8) is 0 Å². The van der Waals surface area contributed by atoms with Gasteiger partial charge in [-0.05, 0) is 56.4 Å². The first-order chi connectivity index (χ1) is 12.8. The third kappa shape index (κ3) is 3.69. The third-order valence-corrected chi connectivity index (χ3v) is 4.65. The van der Waals surface area contributed by atoms with Gasteiger partial charge >= 0.3 is 0 Å². The lowest BCUT2D eigenvalue weighted by molar-refractivity contribution is 0.647. The summed E-state index contributed by atoms with van der Waals surface area (Å²) >= 11 is 0. The van der Waals surface area contributed by atoms with Gasteiger partial charge in [0.1, 0.15) is 5.82 Å². The van der Waals surface area contributed by atoms with Crippen LogP contribution in [0.1, 0.15) is 35.6 Å². The molecule has 0 spiro atoms. The van der Waals surface area contributed by atoms with Crippen molar-refractivity contribution in [3.05, 3.63) is 59.4 Å². The number of pyridine rings is 1. The molecule has 6 heteroatoms. The first kappa shape index (κ1) is 16.6. The molecule has 0 aliphatic heterocycles. The van der Waals surface area contributed by atoms with E-state index < -0.39 is 0 Å². The molecule has 0 atom stereocenters. The average molecular weight is 346 g/mol. The van der Waals surface area contributed by atoms with Gasteiger partial charge in [-0.2, -0.15) is 0 Å². The van der Waals surface area contributed by atoms with Crippen molar-refractivity contribution in [2.24, 2.45) is 0 Å². The number of nitrogens with zero attached hydrogens (tertiary/aromatic N) is 5. The SMILES string of the molecule is Cc1nc(CCNc2nccc(-c3ccccn3)n2)nc2c1CCCC2. The normalized spacial score (nSPS) is 13.3. The summed E-state index contributed by atoms with van der Waals surface area (Å²) in [6, 6.07) is 7.65. The number of aromatic nitrogens is 5. The van der Waals surface area contributed by atoms with Gasteiger partial charge < -0.3 is 5.32 Å². The second-order valence-corrected chi connectivity index (χ2v) is 6.51. The van der Waals surface area contributed by atoms with Crippen LogP contribution in [0.4, 0.5) is 5.95 Å². The van der Waals surface area contributed by atoms with Gasteiger partial charge in [0.15, 0.2) is 0 Å². The van der Waals surface area contributed by atoms with Gasteiger partial charge in [0.2, 0.25) is 5.95 Å². The summed E-state index contributed by atoms with van der Waals surface area (Å²) in [5, 5.41) is 3.27. The van der Waals surface area contributed by atoms with E-state index in [2.05, 4.69) is 32.2 Å². The van der Waals surface area contributed by atoms with Crippen molar-refractivity contribution in [1.29, 1.82) is 0 Å². The maximum absolute atomic E-state index is 4.77. The highest BCUT2D eigenvalue weighted by Gasteiger charge is 2.15. The molecule has 132 valence electrons. The molecule has 0 unspecified atom stereocenters. The van der Waals surface area contributed by atoms with E-state index in [9.17, 15) is 0 Å². The molecule has 4 rings (SSSR count). The first-order valence-electron chi connectivity index (χ1n) is 9.13. The predicted octanol–water partition coefficient (Wildman–Crippen LogP) is 3.17.